The number of hydrogen-bond donors (Lipinski definition) is 2. The summed E-state index contributed by atoms with van der Waals surface area (Å²) in [6.45, 7) is 7.19. The van der Waals surface area contributed by atoms with Crippen LogP contribution < -0.4 is 10.6 Å². The molecule has 0 aromatic carbocycles. The Morgan fingerprint density at radius 3 is 2.81 bits per heavy atom. The molecule has 0 saturated carbocycles. The van der Waals surface area contributed by atoms with Crippen LogP contribution in [0.25, 0.3) is 0 Å². The Hall–Kier alpha value is -0.840. The minimum atomic E-state index is 0.422. The molecule has 1 atom stereocenters. The Labute approximate surface area is 105 Å². The standard InChI is InChI=1S/C11H19BrN4/c1-4-6-8(3)15-10-9(12)7-14-11(16-10)13-5-2/h7-8H,4-6H2,1-3H3,(H2,13,14,15,16). The number of anilines is 2. The van der Waals surface area contributed by atoms with Crippen molar-refractivity contribution in [3.63, 3.8) is 0 Å². The minimum Gasteiger partial charge on any atom is -0.367 e. The number of nitrogens with one attached hydrogen (secondary N) is 2. The van der Waals surface area contributed by atoms with Gasteiger partial charge in [-0.2, -0.15) is 4.98 Å². The highest BCUT2D eigenvalue weighted by atomic mass is 79.9. The van der Waals surface area contributed by atoms with E-state index in [0.29, 0.717) is 12.0 Å². The number of nitrogens with zero attached hydrogens (tertiary/aromatic N) is 2. The van der Waals surface area contributed by atoms with Gasteiger partial charge in [0.25, 0.3) is 0 Å². The van der Waals surface area contributed by atoms with Crippen LogP contribution >= 0.6 is 15.9 Å². The molecule has 0 radical (unpaired) electrons. The van der Waals surface area contributed by atoms with E-state index >= 15 is 0 Å². The van der Waals surface area contributed by atoms with E-state index in [-0.39, 0.29) is 0 Å². The van der Waals surface area contributed by atoms with Gasteiger partial charge in [-0.15, -0.1) is 0 Å². The zero-order valence-corrected chi connectivity index (χ0v) is 11.6. The lowest BCUT2D eigenvalue weighted by molar-refractivity contribution is 0.687. The van der Waals surface area contributed by atoms with Gasteiger partial charge in [0.15, 0.2) is 0 Å². The zero-order valence-electron chi connectivity index (χ0n) is 10.0. The lowest BCUT2D eigenvalue weighted by atomic mass is 10.2. The van der Waals surface area contributed by atoms with Gasteiger partial charge in [0.2, 0.25) is 5.95 Å². The Bertz CT molecular complexity index is 330. The van der Waals surface area contributed by atoms with Crippen molar-refractivity contribution in [2.24, 2.45) is 0 Å². The summed E-state index contributed by atoms with van der Waals surface area (Å²) in [5.74, 6) is 1.52. The van der Waals surface area contributed by atoms with Gasteiger partial charge in [0, 0.05) is 18.8 Å². The normalized spacial score (nSPS) is 12.2. The van der Waals surface area contributed by atoms with Gasteiger partial charge in [-0.25, -0.2) is 4.98 Å². The molecule has 5 heteroatoms. The average molecular weight is 287 g/mol. The van der Waals surface area contributed by atoms with Crippen LogP contribution in [0, 0.1) is 0 Å². The van der Waals surface area contributed by atoms with Gasteiger partial charge in [0.1, 0.15) is 5.82 Å². The van der Waals surface area contributed by atoms with E-state index in [9.17, 15) is 0 Å². The minimum absolute atomic E-state index is 0.422. The van der Waals surface area contributed by atoms with E-state index < -0.39 is 0 Å². The molecule has 0 fully saturated rings. The highest BCUT2D eigenvalue weighted by Crippen LogP contribution is 2.21. The summed E-state index contributed by atoms with van der Waals surface area (Å²) in [7, 11) is 0. The quantitative estimate of drug-likeness (QED) is 0.843. The van der Waals surface area contributed by atoms with Crippen LogP contribution in [0.1, 0.15) is 33.6 Å². The maximum Gasteiger partial charge on any atom is 0.224 e. The second-order valence-electron chi connectivity index (χ2n) is 3.75. The van der Waals surface area contributed by atoms with Crippen molar-refractivity contribution in [1.29, 1.82) is 0 Å². The van der Waals surface area contributed by atoms with Crippen molar-refractivity contribution in [3.8, 4) is 0 Å². The van der Waals surface area contributed by atoms with Crippen LogP contribution in [0.3, 0.4) is 0 Å². The maximum absolute atomic E-state index is 4.40. The van der Waals surface area contributed by atoms with Crippen molar-refractivity contribution in [2.45, 2.75) is 39.7 Å². The van der Waals surface area contributed by atoms with Gasteiger partial charge < -0.3 is 10.6 Å². The fraction of sp³-hybridized carbons (Fsp3) is 0.636. The van der Waals surface area contributed by atoms with E-state index in [0.717, 1.165) is 29.7 Å². The molecule has 1 unspecified atom stereocenters. The summed E-state index contributed by atoms with van der Waals surface area (Å²) in [4.78, 5) is 8.58. The van der Waals surface area contributed by atoms with Gasteiger partial charge in [-0.05, 0) is 36.2 Å². The monoisotopic (exact) mass is 286 g/mol. The molecule has 0 spiro atoms. The van der Waals surface area contributed by atoms with Crippen LogP contribution in [0.4, 0.5) is 11.8 Å². The third kappa shape index (κ3) is 3.96. The van der Waals surface area contributed by atoms with Crippen LogP contribution in [0.2, 0.25) is 0 Å². The largest absolute Gasteiger partial charge is 0.367 e. The van der Waals surface area contributed by atoms with Gasteiger partial charge in [0.05, 0.1) is 4.47 Å². The van der Waals surface area contributed by atoms with E-state index in [1.807, 2.05) is 6.92 Å². The molecule has 0 aliphatic rings. The Morgan fingerprint density at radius 2 is 2.19 bits per heavy atom. The molecule has 0 aliphatic heterocycles. The summed E-state index contributed by atoms with van der Waals surface area (Å²) >= 11 is 3.45. The third-order valence-electron chi connectivity index (χ3n) is 2.18. The molecule has 1 aromatic rings. The summed E-state index contributed by atoms with van der Waals surface area (Å²) in [6, 6.07) is 0.422. The fourth-order valence-electron chi connectivity index (χ4n) is 1.45. The van der Waals surface area contributed by atoms with Crippen LogP contribution in [-0.2, 0) is 0 Å². The van der Waals surface area contributed by atoms with E-state index in [2.05, 4.69) is 50.4 Å². The van der Waals surface area contributed by atoms with Crippen molar-refractivity contribution in [3.05, 3.63) is 10.7 Å². The molecule has 0 aliphatic carbocycles. The highest BCUT2D eigenvalue weighted by Gasteiger charge is 2.07. The highest BCUT2D eigenvalue weighted by molar-refractivity contribution is 9.10. The third-order valence-corrected chi connectivity index (χ3v) is 2.76. The van der Waals surface area contributed by atoms with E-state index in [4.69, 9.17) is 0 Å². The van der Waals surface area contributed by atoms with E-state index in [1.165, 1.54) is 0 Å². The number of halogens is 1. The first kappa shape index (κ1) is 13.2. The average Bonchev–Trinajstić information content (AvgIpc) is 2.24. The van der Waals surface area contributed by atoms with Gasteiger partial charge >= 0.3 is 0 Å². The molecule has 1 heterocycles. The predicted octanol–water partition coefficient (Wildman–Crippen LogP) is 3.27. The van der Waals surface area contributed by atoms with Crippen LogP contribution in [0.15, 0.2) is 10.7 Å². The number of aromatic nitrogens is 2. The first-order chi connectivity index (χ1) is 7.67. The van der Waals surface area contributed by atoms with Gasteiger partial charge in [-0.3, -0.25) is 0 Å². The molecule has 0 bridgehead atoms. The summed E-state index contributed by atoms with van der Waals surface area (Å²) in [5, 5.41) is 6.47. The number of hydrogen-bond acceptors (Lipinski definition) is 4. The second-order valence-corrected chi connectivity index (χ2v) is 4.61. The van der Waals surface area contributed by atoms with Crippen molar-refractivity contribution in [2.75, 3.05) is 17.2 Å². The molecule has 1 aromatic heterocycles. The molecular formula is C11H19BrN4. The van der Waals surface area contributed by atoms with Crippen LogP contribution in [-0.4, -0.2) is 22.6 Å². The van der Waals surface area contributed by atoms with Gasteiger partial charge in [-0.1, -0.05) is 13.3 Å². The first-order valence-electron chi connectivity index (χ1n) is 5.70. The maximum atomic E-state index is 4.40. The zero-order chi connectivity index (χ0) is 12.0. The molecular weight excluding hydrogens is 268 g/mol. The molecule has 0 saturated heterocycles. The molecule has 16 heavy (non-hydrogen) atoms. The lowest BCUT2D eigenvalue weighted by Gasteiger charge is -2.15. The lowest BCUT2D eigenvalue weighted by Crippen LogP contribution is -2.16. The summed E-state index contributed by atoms with van der Waals surface area (Å²) in [5.41, 5.74) is 0. The number of rotatable bonds is 6. The van der Waals surface area contributed by atoms with Crippen molar-refractivity contribution < 1.29 is 0 Å². The molecule has 4 nitrogen and oxygen atoms in total. The predicted molar refractivity (Wildman–Crippen MR) is 71.9 cm³/mol. The van der Waals surface area contributed by atoms with Crippen molar-refractivity contribution in [1.82, 2.24) is 9.97 Å². The Kier molecular flexibility index (Phi) is 5.52. The SMILES string of the molecule is CCCC(C)Nc1nc(NCC)ncc1Br. The van der Waals surface area contributed by atoms with Crippen molar-refractivity contribution >= 4 is 27.7 Å². The summed E-state index contributed by atoms with van der Waals surface area (Å²) < 4.78 is 0.900. The summed E-state index contributed by atoms with van der Waals surface area (Å²) in [6.07, 6.45) is 4.07. The fourth-order valence-corrected chi connectivity index (χ4v) is 1.76. The first-order valence-corrected chi connectivity index (χ1v) is 6.49. The second kappa shape index (κ2) is 6.68. The molecule has 90 valence electrons. The molecule has 2 N–H and O–H groups in total. The smallest absolute Gasteiger partial charge is 0.224 e. The van der Waals surface area contributed by atoms with E-state index in [1.54, 1.807) is 6.20 Å². The Balaban J connectivity index is 2.73. The topological polar surface area (TPSA) is 49.8 Å². The molecule has 1 rings (SSSR count). The van der Waals surface area contributed by atoms with Crippen LogP contribution in [0.5, 0.6) is 0 Å². The Morgan fingerprint density at radius 1 is 1.44 bits per heavy atom. The molecule has 0 amide bonds.